The number of ether oxygens (including phenoxy) is 1. The SMILES string of the molecule is COc1c(C(N)=O)c(-c2ccccc2)nc(N2CCN(C3CN(c4ccc5c(c4)C(=O)N(C4CCC(=O)NC4=O)C5=O)C3)CC2)c1-c1ccn[nH]1. The maximum Gasteiger partial charge on any atom is 0.262 e. The smallest absolute Gasteiger partial charge is 0.262 e. The third-order valence-corrected chi connectivity index (χ3v) is 10.2. The second-order valence-corrected chi connectivity index (χ2v) is 13.0. The summed E-state index contributed by atoms with van der Waals surface area (Å²) in [4.78, 5) is 76.2. The molecule has 0 aliphatic carbocycles. The van der Waals surface area contributed by atoms with E-state index in [9.17, 15) is 24.0 Å². The number of hydrogen-bond acceptors (Lipinski definition) is 11. The summed E-state index contributed by atoms with van der Waals surface area (Å²) in [5.74, 6) is -1.71. The van der Waals surface area contributed by atoms with Crippen molar-refractivity contribution in [2.45, 2.75) is 24.9 Å². The van der Waals surface area contributed by atoms with Gasteiger partial charge in [-0.25, -0.2) is 4.98 Å². The maximum atomic E-state index is 13.3. The minimum Gasteiger partial charge on any atom is -0.495 e. The Kier molecular flexibility index (Phi) is 7.98. The summed E-state index contributed by atoms with van der Waals surface area (Å²) in [7, 11) is 1.52. The number of H-pyrrole nitrogens is 1. The molecule has 0 spiro atoms. The molecule has 8 rings (SSSR count). The highest BCUT2D eigenvalue weighted by Gasteiger charge is 2.45. The van der Waals surface area contributed by atoms with E-state index in [-0.39, 0.29) is 35.6 Å². The van der Waals surface area contributed by atoms with Crippen molar-refractivity contribution in [2.24, 2.45) is 5.73 Å². The lowest BCUT2D eigenvalue weighted by molar-refractivity contribution is -0.136. The maximum absolute atomic E-state index is 13.3. The van der Waals surface area contributed by atoms with Gasteiger partial charge in [0.2, 0.25) is 11.8 Å². The fourth-order valence-electron chi connectivity index (χ4n) is 7.51. The number of piperazine rings is 1. The van der Waals surface area contributed by atoms with Crippen molar-refractivity contribution in [2.75, 3.05) is 56.2 Å². The summed E-state index contributed by atoms with van der Waals surface area (Å²) in [6, 6.07) is 15.7. The number of imide groups is 2. The van der Waals surface area contributed by atoms with E-state index >= 15 is 0 Å². The quantitative estimate of drug-likeness (QED) is 0.229. The number of carbonyl (C=O) groups excluding carboxylic acids is 5. The molecule has 2 aromatic carbocycles. The highest BCUT2D eigenvalue weighted by Crippen LogP contribution is 2.43. The van der Waals surface area contributed by atoms with Crippen LogP contribution in [0.15, 0.2) is 60.8 Å². The van der Waals surface area contributed by atoms with E-state index in [1.165, 1.54) is 7.11 Å². The van der Waals surface area contributed by atoms with Gasteiger partial charge >= 0.3 is 0 Å². The molecule has 15 nitrogen and oxygen atoms in total. The molecule has 0 saturated carbocycles. The summed E-state index contributed by atoms with van der Waals surface area (Å²) in [6.07, 6.45) is 1.83. The van der Waals surface area contributed by atoms with Gasteiger partial charge in [-0.05, 0) is 30.7 Å². The van der Waals surface area contributed by atoms with Crippen molar-refractivity contribution in [3.63, 3.8) is 0 Å². The minimum atomic E-state index is -0.997. The number of aromatic amines is 1. The summed E-state index contributed by atoms with van der Waals surface area (Å²) in [6.45, 7) is 4.36. The Balaban J connectivity index is 0.980. The van der Waals surface area contributed by atoms with Crippen molar-refractivity contribution in [3.05, 3.63) is 77.5 Å². The topological polar surface area (TPSA) is 187 Å². The van der Waals surface area contributed by atoms with Crippen LogP contribution in [0.3, 0.4) is 0 Å². The first-order valence-corrected chi connectivity index (χ1v) is 16.8. The number of pyridine rings is 1. The van der Waals surface area contributed by atoms with Crippen LogP contribution in [0, 0.1) is 0 Å². The first-order chi connectivity index (χ1) is 24.7. The number of benzene rings is 2. The molecule has 4 N–H and O–H groups in total. The molecule has 3 fully saturated rings. The molecule has 0 radical (unpaired) electrons. The largest absolute Gasteiger partial charge is 0.495 e. The van der Waals surface area contributed by atoms with E-state index in [1.54, 1.807) is 18.3 Å². The third-order valence-electron chi connectivity index (χ3n) is 10.2. The van der Waals surface area contributed by atoms with E-state index < -0.39 is 35.6 Å². The molecule has 2 aromatic heterocycles. The zero-order valence-corrected chi connectivity index (χ0v) is 27.8. The third kappa shape index (κ3) is 5.45. The molecule has 4 aliphatic heterocycles. The highest BCUT2D eigenvalue weighted by molar-refractivity contribution is 6.23. The number of carbonyl (C=O) groups is 5. The number of nitrogens with one attached hydrogen (secondary N) is 2. The Morgan fingerprint density at radius 1 is 0.922 bits per heavy atom. The molecule has 15 heteroatoms. The number of nitrogens with zero attached hydrogens (tertiary/aromatic N) is 6. The van der Waals surface area contributed by atoms with Crippen molar-refractivity contribution >= 4 is 41.0 Å². The van der Waals surface area contributed by atoms with E-state index in [4.69, 9.17) is 15.5 Å². The molecule has 260 valence electrons. The standard InChI is InChI=1S/C36H35N9O6/c1-51-31-28(25-11-12-38-41-25)33(40-30(29(31)32(37)47)20-5-3-2-4-6-20)43-15-13-42(14-16-43)22-18-44(19-22)21-7-8-23-24(17-21)36(50)45(35(23)49)26-9-10-27(46)39-34(26)48/h2-8,11-12,17,22,26H,9-10,13-16,18-19H2,1H3,(H2,37,47)(H,38,41)(H,39,46,48). The van der Waals surface area contributed by atoms with E-state index in [0.29, 0.717) is 41.6 Å². The van der Waals surface area contributed by atoms with Gasteiger partial charge in [0.1, 0.15) is 23.2 Å². The fraction of sp³-hybridized carbons (Fsp3) is 0.306. The van der Waals surface area contributed by atoms with Gasteiger partial charge in [-0.3, -0.25) is 44.2 Å². The number of hydrogen-bond donors (Lipinski definition) is 3. The number of rotatable bonds is 8. The molecule has 0 bridgehead atoms. The monoisotopic (exact) mass is 689 g/mol. The Hall–Kier alpha value is -6.09. The van der Waals surface area contributed by atoms with Crippen molar-refractivity contribution in [1.82, 2.24) is 30.3 Å². The first kappa shape index (κ1) is 32.1. The number of fused-ring (bicyclic) bond motifs is 1. The Morgan fingerprint density at radius 3 is 2.33 bits per heavy atom. The lowest BCUT2D eigenvalue weighted by Crippen LogP contribution is -2.63. The molecule has 5 amide bonds. The molecule has 4 aromatic rings. The number of primary amides is 1. The van der Waals surface area contributed by atoms with Crippen molar-refractivity contribution in [3.8, 4) is 28.3 Å². The molecule has 1 unspecified atom stereocenters. The summed E-state index contributed by atoms with van der Waals surface area (Å²) in [5, 5.41) is 9.37. The molecular formula is C36H35N9O6. The number of methoxy groups -OCH3 is 1. The second kappa shape index (κ2) is 12.7. The van der Waals surface area contributed by atoms with Crippen LogP contribution in [0.25, 0.3) is 22.5 Å². The van der Waals surface area contributed by atoms with Crippen LogP contribution in [-0.2, 0) is 9.59 Å². The second-order valence-electron chi connectivity index (χ2n) is 13.0. The van der Waals surface area contributed by atoms with Gasteiger partial charge in [0.05, 0.1) is 35.2 Å². The highest BCUT2D eigenvalue weighted by atomic mass is 16.5. The van der Waals surface area contributed by atoms with Gasteiger partial charge in [-0.1, -0.05) is 30.3 Å². The molecule has 3 saturated heterocycles. The lowest BCUT2D eigenvalue weighted by Gasteiger charge is -2.49. The van der Waals surface area contributed by atoms with Crippen molar-refractivity contribution < 1.29 is 28.7 Å². The van der Waals surface area contributed by atoms with Crippen LogP contribution in [0.1, 0.15) is 43.9 Å². The normalized spacial score (nSPS) is 19.6. The molecule has 51 heavy (non-hydrogen) atoms. The first-order valence-electron chi connectivity index (χ1n) is 16.8. The molecule has 6 heterocycles. The Labute approximate surface area is 292 Å². The predicted molar refractivity (Wildman–Crippen MR) is 185 cm³/mol. The predicted octanol–water partition coefficient (Wildman–Crippen LogP) is 1.66. The van der Waals surface area contributed by atoms with Crippen LogP contribution in [0.5, 0.6) is 5.75 Å². The summed E-state index contributed by atoms with van der Waals surface area (Å²) in [5.41, 5.74) is 9.96. The molecule has 1 atom stereocenters. The fourth-order valence-corrected chi connectivity index (χ4v) is 7.51. The van der Waals surface area contributed by atoms with Crippen LogP contribution in [0.2, 0.25) is 0 Å². The number of amides is 5. The average Bonchev–Trinajstić information content (AvgIpc) is 3.74. The van der Waals surface area contributed by atoms with E-state index in [1.807, 2.05) is 42.5 Å². The zero-order chi connectivity index (χ0) is 35.4. The summed E-state index contributed by atoms with van der Waals surface area (Å²) >= 11 is 0. The number of aromatic nitrogens is 3. The number of nitrogens with two attached hydrogens (primary N) is 1. The van der Waals surface area contributed by atoms with Gasteiger partial charge in [0.25, 0.3) is 17.7 Å². The Morgan fingerprint density at radius 2 is 1.67 bits per heavy atom. The van der Waals surface area contributed by atoms with Gasteiger partial charge in [0, 0.05) is 69.2 Å². The minimum absolute atomic E-state index is 0.0743. The zero-order valence-electron chi connectivity index (χ0n) is 27.8. The van der Waals surface area contributed by atoms with Gasteiger partial charge in [-0.2, -0.15) is 5.10 Å². The van der Waals surface area contributed by atoms with Gasteiger partial charge in [0.15, 0.2) is 0 Å². The average molecular weight is 690 g/mol. The van der Waals surface area contributed by atoms with Gasteiger partial charge in [-0.15, -0.1) is 0 Å². The van der Waals surface area contributed by atoms with Crippen molar-refractivity contribution in [1.29, 1.82) is 0 Å². The molecular weight excluding hydrogens is 654 g/mol. The summed E-state index contributed by atoms with van der Waals surface area (Å²) < 4.78 is 5.88. The van der Waals surface area contributed by atoms with E-state index in [0.717, 1.165) is 42.3 Å². The number of anilines is 2. The van der Waals surface area contributed by atoms with Gasteiger partial charge < -0.3 is 20.3 Å². The lowest BCUT2D eigenvalue weighted by atomic mass is 9.99. The van der Waals surface area contributed by atoms with Crippen LogP contribution < -0.4 is 25.6 Å². The van der Waals surface area contributed by atoms with E-state index in [2.05, 4.69) is 30.2 Å². The van der Waals surface area contributed by atoms with Crippen LogP contribution in [-0.4, -0.2) is 113 Å². The van der Waals surface area contributed by atoms with Crippen LogP contribution in [0.4, 0.5) is 11.5 Å². The Bertz CT molecular complexity index is 2070. The number of piperidine rings is 1. The molecule has 4 aliphatic rings. The van der Waals surface area contributed by atoms with Crippen LogP contribution >= 0.6 is 0 Å².